The minimum atomic E-state index is -0.604. The Kier molecular flexibility index (Phi) is 3.68. The molecule has 2 aromatic rings. The van der Waals surface area contributed by atoms with Crippen LogP contribution in [0.4, 0.5) is 21.5 Å². The smallest absolute Gasteiger partial charge is 0.275 e. The van der Waals surface area contributed by atoms with Crippen LogP contribution in [-0.2, 0) is 0 Å². The number of nitro benzene ring substituents is 2. The number of nitrogens with zero attached hydrogens (tertiary/aromatic N) is 2. The lowest BCUT2D eigenvalue weighted by molar-refractivity contribution is -0.386. The van der Waals surface area contributed by atoms with E-state index in [1.54, 1.807) is 18.2 Å². The van der Waals surface area contributed by atoms with Crippen LogP contribution in [0.15, 0.2) is 48.6 Å². The molecule has 4 rings (SSSR count). The predicted octanol–water partition coefficient (Wildman–Crippen LogP) is 4.47. The van der Waals surface area contributed by atoms with Crippen LogP contribution in [0.5, 0.6) is 0 Å². The molecule has 0 fully saturated rings. The van der Waals surface area contributed by atoms with E-state index in [0.29, 0.717) is 17.5 Å². The van der Waals surface area contributed by atoms with Crippen molar-refractivity contribution in [3.63, 3.8) is 0 Å². The summed E-state index contributed by atoms with van der Waals surface area (Å²) < 4.78 is 14.5. The van der Waals surface area contributed by atoms with Crippen molar-refractivity contribution >= 4 is 17.1 Å². The second kappa shape index (κ2) is 5.91. The third kappa shape index (κ3) is 2.33. The SMILES string of the molecule is O=[N+]([O-])c1ccccc1C1Nc2c(F)ccc([N+](=O)[O-])c2C2C=CCC21. The topological polar surface area (TPSA) is 98.3 Å². The number of hydrogen-bond acceptors (Lipinski definition) is 5. The first-order valence-electron chi connectivity index (χ1n) is 8.12. The third-order valence-corrected chi connectivity index (χ3v) is 5.11. The Balaban J connectivity index is 1.90. The zero-order chi connectivity index (χ0) is 18.4. The Morgan fingerprint density at radius 3 is 2.50 bits per heavy atom. The van der Waals surface area contributed by atoms with Gasteiger partial charge in [-0.3, -0.25) is 20.2 Å². The highest BCUT2D eigenvalue weighted by Crippen LogP contribution is 2.53. The fraction of sp³-hybridized carbons (Fsp3) is 0.222. The first-order valence-corrected chi connectivity index (χ1v) is 8.12. The molecule has 1 heterocycles. The van der Waals surface area contributed by atoms with Gasteiger partial charge in [0.05, 0.1) is 32.7 Å². The molecule has 3 unspecified atom stereocenters. The number of hydrogen-bond donors (Lipinski definition) is 1. The molecule has 0 saturated heterocycles. The fourth-order valence-electron chi connectivity index (χ4n) is 4.04. The fourth-order valence-corrected chi connectivity index (χ4v) is 4.04. The molecule has 0 aromatic heterocycles. The number of fused-ring (bicyclic) bond motifs is 3. The second-order valence-electron chi connectivity index (χ2n) is 6.40. The standard InChI is InChI=1S/C18H14FN3O4/c19-13-8-9-15(22(25)26)16-10-5-3-6-11(10)17(20-18(13)16)12-4-1-2-7-14(12)21(23)24/h1-5,7-11,17,20H,6H2. The molecule has 0 bridgehead atoms. The second-order valence-corrected chi connectivity index (χ2v) is 6.40. The van der Waals surface area contributed by atoms with Crippen LogP contribution in [0.1, 0.15) is 29.5 Å². The predicted molar refractivity (Wildman–Crippen MR) is 92.5 cm³/mol. The lowest BCUT2D eigenvalue weighted by Gasteiger charge is -2.36. The van der Waals surface area contributed by atoms with E-state index < -0.39 is 21.7 Å². The minimum Gasteiger partial charge on any atom is -0.375 e. The van der Waals surface area contributed by atoms with Crippen molar-refractivity contribution in [3.05, 3.63) is 85.7 Å². The van der Waals surface area contributed by atoms with Crippen LogP contribution in [-0.4, -0.2) is 9.85 Å². The number of nitrogens with one attached hydrogen (secondary N) is 1. The van der Waals surface area contributed by atoms with E-state index in [4.69, 9.17) is 0 Å². The van der Waals surface area contributed by atoms with Gasteiger partial charge in [-0.1, -0.05) is 30.4 Å². The molecule has 1 aliphatic carbocycles. The number of allylic oxidation sites excluding steroid dienone is 2. The Bertz CT molecular complexity index is 959. The molecule has 0 saturated carbocycles. The van der Waals surface area contributed by atoms with Gasteiger partial charge >= 0.3 is 0 Å². The molecule has 2 aromatic carbocycles. The van der Waals surface area contributed by atoms with Gasteiger partial charge < -0.3 is 5.32 Å². The van der Waals surface area contributed by atoms with Crippen LogP contribution in [0.2, 0.25) is 0 Å². The average molecular weight is 355 g/mol. The van der Waals surface area contributed by atoms with Crippen LogP contribution in [0, 0.1) is 32.0 Å². The van der Waals surface area contributed by atoms with E-state index in [1.807, 2.05) is 12.2 Å². The van der Waals surface area contributed by atoms with Crippen LogP contribution in [0.25, 0.3) is 0 Å². The Morgan fingerprint density at radius 1 is 1.04 bits per heavy atom. The zero-order valence-electron chi connectivity index (χ0n) is 13.5. The van der Waals surface area contributed by atoms with E-state index in [1.165, 1.54) is 12.1 Å². The quantitative estimate of drug-likeness (QED) is 0.497. The molecular weight excluding hydrogens is 341 g/mol. The number of halogens is 1. The summed E-state index contributed by atoms with van der Waals surface area (Å²) in [6.07, 6.45) is 4.32. The summed E-state index contributed by atoms with van der Waals surface area (Å²) in [5.74, 6) is -1.14. The van der Waals surface area contributed by atoms with Gasteiger partial charge in [-0.15, -0.1) is 0 Å². The molecule has 3 atom stereocenters. The molecule has 132 valence electrons. The summed E-state index contributed by atoms with van der Waals surface area (Å²) in [5.41, 5.74) is 0.618. The molecule has 1 N–H and O–H groups in total. The van der Waals surface area contributed by atoms with Crippen molar-refractivity contribution in [2.24, 2.45) is 5.92 Å². The molecule has 0 spiro atoms. The molecule has 7 nitrogen and oxygen atoms in total. The van der Waals surface area contributed by atoms with E-state index in [9.17, 15) is 24.6 Å². The highest BCUT2D eigenvalue weighted by atomic mass is 19.1. The van der Waals surface area contributed by atoms with Gasteiger partial charge in [-0.2, -0.15) is 0 Å². The summed E-state index contributed by atoms with van der Waals surface area (Å²) in [4.78, 5) is 21.8. The molecular formula is C18H14FN3O4. The number of anilines is 1. The van der Waals surface area contributed by atoms with Crippen LogP contribution >= 0.6 is 0 Å². The Labute approximate surface area is 147 Å². The number of nitro groups is 2. The van der Waals surface area contributed by atoms with Crippen LogP contribution in [0.3, 0.4) is 0 Å². The van der Waals surface area contributed by atoms with Crippen molar-refractivity contribution in [1.82, 2.24) is 0 Å². The Hall–Kier alpha value is -3.29. The maximum absolute atomic E-state index is 14.5. The monoisotopic (exact) mass is 355 g/mol. The van der Waals surface area contributed by atoms with E-state index in [2.05, 4.69) is 5.32 Å². The summed E-state index contributed by atoms with van der Waals surface area (Å²) in [5, 5.41) is 25.8. The molecule has 1 aliphatic heterocycles. The molecule has 0 amide bonds. The van der Waals surface area contributed by atoms with Crippen molar-refractivity contribution in [3.8, 4) is 0 Å². The van der Waals surface area contributed by atoms with Crippen molar-refractivity contribution in [2.45, 2.75) is 18.4 Å². The zero-order valence-corrected chi connectivity index (χ0v) is 13.5. The van der Waals surface area contributed by atoms with E-state index in [-0.39, 0.29) is 28.9 Å². The number of para-hydroxylation sites is 1. The maximum Gasteiger partial charge on any atom is 0.275 e. The third-order valence-electron chi connectivity index (χ3n) is 5.11. The first-order chi connectivity index (χ1) is 12.5. The highest BCUT2D eigenvalue weighted by molar-refractivity contribution is 5.68. The lowest BCUT2D eigenvalue weighted by Crippen LogP contribution is -2.30. The number of rotatable bonds is 3. The molecule has 2 aliphatic rings. The maximum atomic E-state index is 14.5. The Morgan fingerprint density at radius 2 is 1.77 bits per heavy atom. The van der Waals surface area contributed by atoms with Gasteiger partial charge in [-0.25, -0.2) is 4.39 Å². The van der Waals surface area contributed by atoms with Crippen LogP contribution < -0.4 is 5.32 Å². The van der Waals surface area contributed by atoms with Gasteiger partial charge in [-0.05, 0) is 18.4 Å². The summed E-state index contributed by atoms with van der Waals surface area (Å²) in [6.45, 7) is 0. The lowest BCUT2D eigenvalue weighted by atomic mass is 9.76. The van der Waals surface area contributed by atoms with Gasteiger partial charge in [0.25, 0.3) is 11.4 Å². The summed E-state index contributed by atoms with van der Waals surface area (Å²) >= 11 is 0. The highest BCUT2D eigenvalue weighted by Gasteiger charge is 2.44. The van der Waals surface area contributed by atoms with Gasteiger partial charge in [0.1, 0.15) is 5.82 Å². The van der Waals surface area contributed by atoms with Gasteiger partial charge in [0.2, 0.25) is 0 Å². The van der Waals surface area contributed by atoms with Crippen molar-refractivity contribution in [1.29, 1.82) is 0 Å². The summed E-state index contributed by atoms with van der Waals surface area (Å²) in [7, 11) is 0. The first kappa shape index (κ1) is 16.2. The molecule has 8 heteroatoms. The number of benzene rings is 2. The molecule has 0 radical (unpaired) electrons. The summed E-state index contributed by atoms with van der Waals surface area (Å²) in [6, 6.07) is 8.04. The minimum absolute atomic E-state index is 0.0510. The average Bonchev–Trinajstić information content (AvgIpc) is 3.11. The van der Waals surface area contributed by atoms with Crippen molar-refractivity contribution in [2.75, 3.05) is 5.32 Å². The largest absolute Gasteiger partial charge is 0.375 e. The molecule has 26 heavy (non-hydrogen) atoms. The van der Waals surface area contributed by atoms with E-state index >= 15 is 0 Å². The van der Waals surface area contributed by atoms with E-state index in [0.717, 1.165) is 6.07 Å². The normalized spacial score (nSPS) is 23.0. The van der Waals surface area contributed by atoms with Crippen molar-refractivity contribution < 1.29 is 14.2 Å². The van der Waals surface area contributed by atoms with Gasteiger partial charge in [0.15, 0.2) is 0 Å². The van der Waals surface area contributed by atoms with Gasteiger partial charge in [0, 0.05) is 18.1 Å².